The monoisotopic (exact) mass is 298 g/mol. The molecule has 20 heavy (non-hydrogen) atoms. The van der Waals surface area contributed by atoms with Gasteiger partial charge in [-0.25, -0.2) is 4.98 Å². The highest BCUT2D eigenvalue weighted by atomic mass is 32.2. The molecular weight excluding hydrogens is 285 g/mol. The molecule has 0 radical (unpaired) electrons. The number of benzene rings is 1. The van der Waals surface area contributed by atoms with Crippen molar-refractivity contribution in [2.24, 2.45) is 5.73 Å². The number of nitrogens with two attached hydrogens (primary N) is 1. The van der Waals surface area contributed by atoms with Crippen LogP contribution in [0.15, 0.2) is 52.5 Å². The summed E-state index contributed by atoms with van der Waals surface area (Å²) in [5, 5.41) is 0.520. The fourth-order valence-electron chi connectivity index (χ4n) is 1.57. The van der Waals surface area contributed by atoms with Crippen molar-refractivity contribution in [1.82, 2.24) is 4.98 Å². The molecule has 0 saturated heterocycles. The highest BCUT2D eigenvalue weighted by Crippen LogP contribution is 2.31. The van der Waals surface area contributed by atoms with Gasteiger partial charge in [0.2, 0.25) is 0 Å². The van der Waals surface area contributed by atoms with Gasteiger partial charge in [-0.15, -0.1) is 0 Å². The largest absolute Gasteiger partial charge is 0.417 e. The zero-order valence-electron chi connectivity index (χ0n) is 10.7. The first-order valence-electron chi connectivity index (χ1n) is 5.93. The third kappa shape index (κ3) is 3.74. The van der Waals surface area contributed by atoms with Crippen LogP contribution in [0.25, 0.3) is 0 Å². The van der Waals surface area contributed by atoms with Crippen LogP contribution in [-0.4, -0.2) is 4.98 Å². The van der Waals surface area contributed by atoms with Gasteiger partial charge < -0.3 is 5.73 Å². The number of aromatic nitrogens is 1. The Morgan fingerprint density at radius 1 is 1.10 bits per heavy atom. The molecule has 0 spiro atoms. The van der Waals surface area contributed by atoms with Crippen LogP contribution in [0, 0.1) is 0 Å². The summed E-state index contributed by atoms with van der Waals surface area (Å²) >= 11 is 1.31. The lowest BCUT2D eigenvalue weighted by Crippen LogP contribution is -2.05. The molecule has 0 bridgehead atoms. The zero-order chi connectivity index (χ0) is 14.8. The van der Waals surface area contributed by atoms with Gasteiger partial charge in [0, 0.05) is 17.1 Å². The number of alkyl halides is 3. The molecule has 0 aliphatic heterocycles. The molecule has 6 heteroatoms. The Morgan fingerprint density at radius 2 is 1.75 bits per heavy atom. The minimum Gasteiger partial charge on any atom is -0.324 e. The highest BCUT2D eigenvalue weighted by molar-refractivity contribution is 7.99. The van der Waals surface area contributed by atoms with E-state index in [1.807, 2.05) is 31.2 Å². The molecule has 2 aromatic rings. The lowest BCUT2D eigenvalue weighted by atomic mass is 10.1. The van der Waals surface area contributed by atoms with Crippen molar-refractivity contribution in [2.75, 3.05) is 0 Å². The number of pyridine rings is 1. The average molecular weight is 298 g/mol. The van der Waals surface area contributed by atoms with Gasteiger partial charge in [-0.2, -0.15) is 13.2 Å². The summed E-state index contributed by atoms with van der Waals surface area (Å²) in [6, 6.07) is 9.91. The van der Waals surface area contributed by atoms with Gasteiger partial charge in [-0.05, 0) is 36.8 Å². The second-order valence-electron chi connectivity index (χ2n) is 4.34. The summed E-state index contributed by atoms with van der Waals surface area (Å²) in [5.41, 5.74) is 6.02. The Bertz CT molecular complexity index is 562. The number of halogens is 3. The maximum atomic E-state index is 12.4. The molecule has 1 heterocycles. The van der Waals surface area contributed by atoms with Crippen molar-refractivity contribution >= 4 is 11.8 Å². The van der Waals surface area contributed by atoms with Gasteiger partial charge >= 0.3 is 6.18 Å². The molecule has 1 aromatic heterocycles. The standard InChI is InChI=1S/C14H13F3N2S/c1-9(18)10-2-5-12(6-3-10)20-13-7-4-11(8-19-13)14(15,16)17/h2-9H,18H2,1H3. The number of rotatable bonds is 3. The Hall–Kier alpha value is -1.53. The zero-order valence-corrected chi connectivity index (χ0v) is 11.5. The van der Waals surface area contributed by atoms with Gasteiger partial charge in [0.25, 0.3) is 0 Å². The first-order chi connectivity index (χ1) is 9.36. The van der Waals surface area contributed by atoms with Crippen LogP contribution >= 0.6 is 11.8 Å². The van der Waals surface area contributed by atoms with Crippen molar-refractivity contribution in [3.8, 4) is 0 Å². The Balaban J connectivity index is 2.10. The van der Waals surface area contributed by atoms with Crippen molar-refractivity contribution in [3.05, 3.63) is 53.7 Å². The molecule has 0 fully saturated rings. The van der Waals surface area contributed by atoms with Crippen LogP contribution in [0.3, 0.4) is 0 Å². The second-order valence-corrected chi connectivity index (χ2v) is 5.44. The Labute approximate surface area is 119 Å². The maximum Gasteiger partial charge on any atom is 0.417 e. The average Bonchev–Trinajstić information content (AvgIpc) is 2.39. The Kier molecular flexibility index (Phi) is 4.35. The molecule has 2 rings (SSSR count). The first kappa shape index (κ1) is 14.9. The molecular formula is C14H13F3N2S. The highest BCUT2D eigenvalue weighted by Gasteiger charge is 2.30. The molecule has 0 aliphatic rings. The van der Waals surface area contributed by atoms with Crippen LogP contribution in [-0.2, 0) is 6.18 Å². The number of hydrogen-bond acceptors (Lipinski definition) is 3. The first-order valence-corrected chi connectivity index (χ1v) is 6.74. The van der Waals surface area contributed by atoms with Crippen LogP contribution in [0.1, 0.15) is 24.1 Å². The third-order valence-corrected chi connectivity index (χ3v) is 3.65. The quantitative estimate of drug-likeness (QED) is 0.919. The lowest BCUT2D eigenvalue weighted by Gasteiger charge is -2.08. The van der Waals surface area contributed by atoms with E-state index < -0.39 is 11.7 Å². The van der Waals surface area contributed by atoms with Gasteiger partial charge in [0.15, 0.2) is 0 Å². The van der Waals surface area contributed by atoms with E-state index in [0.717, 1.165) is 22.7 Å². The van der Waals surface area contributed by atoms with E-state index in [-0.39, 0.29) is 6.04 Å². The topological polar surface area (TPSA) is 38.9 Å². The number of nitrogens with zero attached hydrogens (tertiary/aromatic N) is 1. The van der Waals surface area contributed by atoms with E-state index in [1.54, 1.807) is 0 Å². The lowest BCUT2D eigenvalue weighted by molar-refractivity contribution is -0.137. The van der Waals surface area contributed by atoms with Gasteiger partial charge in [0.05, 0.1) is 5.56 Å². The number of hydrogen-bond donors (Lipinski definition) is 1. The maximum absolute atomic E-state index is 12.4. The predicted octanol–water partition coefficient (Wildman–Crippen LogP) is 4.27. The van der Waals surface area contributed by atoms with E-state index in [2.05, 4.69) is 4.98 Å². The summed E-state index contributed by atoms with van der Waals surface area (Å²) in [4.78, 5) is 4.72. The van der Waals surface area contributed by atoms with Crippen LogP contribution < -0.4 is 5.73 Å². The summed E-state index contributed by atoms with van der Waals surface area (Å²) in [5.74, 6) is 0. The summed E-state index contributed by atoms with van der Waals surface area (Å²) in [6.45, 7) is 1.89. The third-order valence-electron chi connectivity index (χ3n) is 2.69. The Morgan fingerprint density at radius 3 is 2.20 bits per heavy atom. The van der Waals surface area contributed by atoms with Crippen molar-refractivity contribution in [2.45, 2.75) is 29.1 Å². The minimum absolute atomic E-state index is 0.0433. The smallest absolute Gasteiger partial charge is 0.324 e. The molecule has 1 unspecified atom stereocenters. The SMILES string of the molecule is CC(N)c1ccc(Sc2ccc(C(F)(F)F)cn2)cc1. The van der Waals surface area contributed by atoms with Gasteiger partial charge in [0.1, 0.15) is 5.03 Å². The minimum atomic E-state index is -4.35. The van der Waals surface area contributed by atoms with Crippen molar-refractivity contribution < 1.29 is 13.2 Å². The van der Waals surface area contributed by atoms with Crippen molar-refractivity contribution in [1.29, 1.82) is 0 Å². The molecule has 0 aliphatic carbocycles. The normalized spacial score (nSPS) is 13.2. The molecule has 2 N–H and O–H groups in total. The molecule has 0 amide bonds. The van der Waals surface area contributed by atoms with E-state index in [1.165, 1.54) is 17.8 Å². The molecule has 106 valence electrons. The molecule has 2 nitrogen and oxygen atoms in total. The summed E-state index contributed by atoms with van der Waals surface area (Å²) < 4.78 is 37.2. The van der Waals surface area contributed by atoms with Gasteiger partial charge in [-0.1, -0.05) is 23.9 Å². The van der Waals surface area contributed by atoms with Crippen LogP contribution in [0.4, 0.5) is 13.2 Å². The second kappa shape index (κ2) is 5.85. The summed E-state index contributed by atoms with van der Waals surface area (Å²) in [7, 11) is 0. The van der Waals surface area contributed by atoms with Crippen LogP contribution in [0.2, 0.25) is 0 Å². The van der Waals surface area contributed by atoms with E-state index in [9.17, 15) is 13.2 Å². The fourth-order valence-corrected chi connectivity index (χ4v) is 2.32. The molecule has 1 aromatic carbocycles. The van der Waals surface area contributed by atoms with E-state index in [0.29, 0.717) is 5.03 Å². The van der Waals surface area contributed by atoms with Gasteiger partial charge in [-0.3, -0.25) is 0 Å². The van der Waals surface area contributed by atoms with Crippen molar-refractivity contribution in [3.63, 3.8) is 0 Å². The molecule has 0 saturated carbocycles. The van der Waals surface area contributed by atoms with E-state index in [4.69, 9.17) is 5.73 Å². The fraction of sp³-hybridized carbons (Fsp3) is 0.214. The van der Waals surface area contributed by atoms with Crippen LogP contribution in [0.5, 0.6) is 0 Å². The molecule has 1 atom stereocenters. The van der Waals surface area contributed by atoms with E-state index >= 15 is 0 Å². The summed E-state index contributed by atoms with van der Waals surface area (Å²) in [6.07, 6.45) is -3.51. The predicted molar refractivity (Wildman–Crippen MR) is 72.4 cm³/mol.